The van der Waals surface area contributed by atoms with Crippen molar-refractivity contribution in [1.29, 1.82) is 0 Å². The van der Waals surface area contributed by atoms with Crippen molar-refractivity contribution in [1.82, 2.24) is 15.5 Å². The first kappa shape index (κ1) is 19.9. The summed E-state index contributed by atoms with van der Waals surface area (Å²) < 4.78 is 16.7. The molecule has 0 saturated carbocycles. The number of ether oxygens (including phenoxy) is 2. The summed E-state index contributed by atoms with van der Waals surface area (Å²) in [5.74, 6) is 3.99. The number of hydrogen-bond donors (Lipinski definition) is 1. The zero-order valence-electron chi connectivity index (χ0n) is 14.5. The first-order valence-electron chi connectivity index (χ1n) is 8.26. The molecule has 1 aliphatic rings. The summed E-state index contributed by atoms with van der Waals surface area (Å²) >= 11 is 1.75. The topological polar surface area (TPSA) is 69.4 Å². The molecule has 0 spiro atoms. The van der Waals surface area contributed by atoms with Gasteiger partial charge < -0.3 is 19.3 Å². The monoisotopic (exact) mass is 385 g/mol. The molecule has 1 atom stereocenters. The Morgan fingerprint density at radius 1 is 1.24 bits per heavy atom. The average Bonchev–Trinajstić information content (AvgIpc) is 2.89. The van der Waals surface area contributed by atoms with E-state index in [0.717, 1.165) is 47.2 Å². The van der Waals surface area contributed by atoms with E-state index >= 15 is 0 Å². The van der Waals surface area contributed by atoms with Crippen LogP contribution in [0.3, 0.4) is 0 Å². The molecule has 6 nitrogen and oxygen atoms in total. The molecule has 3 rings (SSSR count). The average molecular weight is 386 g/mol. The molecule has 1 unspecified atom stereocenters. The molecule has 1 aromatic heterocycles. The van der Waals surface area contributed by atoms with Gasteiger partial charge in [0, 0.05) is 36.0 Å². The lowest BCUT2D eigenvalue weighted by atomic mass is 10.2. The van der Waals surface area contributed by atoms with E-state index in [4.69, 9.17) is 14.0 Å². The van der Waals surface area contributed by atoms with Gasteiger partial charge in [-0.1, -0.05) is 5.16 Å². The predicted octanol–water partition coefficient (Wildman–Crippen LogP) is 3.14. The maximum atomic E-state index is 5.72. The Labute approximate surface area is 158 Å². The lowest BCUT2D eigenvalue weighted by Gasteiger charge is -2.08. The third-order valence-corrected chi connectivity index (χ3v) is 4.79. The molecule has 2 aromatic rings. The third kappa shape index (κ3) is 5.80. The van der Waals surface area contributed by atoms with Crippen molar-refractivity contribution in [3.05, 3.63) is 29.9 Å². The van der Waals surface area contributed by atoms with Crippen LogP contribution < -0.4 is 14.8 Å². The van der Waals surface area contributed by atoms with Crippen LogP contribution in [-0.4, -0.2) is 42.2 Å². The van der Waals surface area contributed by atoms with Gasteiger partial charge in [0.1, 0.15) is 0 Å². The van der Waals surface area contributed by atoms with E-state index in [1.54, 1.807) is 11.8 Å². The Hall–Kier alpha value is -1.44. The van der Waals surface area contributed by atoms with E-state index in [1.807, 2.05) is 19.2 Å². The van der Waals surface area contributed by atoms with E-state index in [1.165, 1.54) is 0 Å². The molecular formula is C17H24ClN3O3S. The number of thioether (sulfide) groups is 1. The van der Waals surface area contributed by atoms with Gasteiger partial charge in [-0.3, -0.25) is 0 Å². The number of hydrogen-bond acceptors (Lipinski definition) is 7. The van der Waals surface area contributed by atoms with Crippen LogP contribution in [0.5, 0.6) is 11.5 Å². The van der Waals surface area contributed by atoms with Gasteiger partial charge in [0.25, 0.3) is 0 Å². The molecule has 0 bridgehead atoms. The SMILES string of the molecule is CNC(C)Cc1noc(CCSc2ccc3c(c2)OCCCO3)n1.Cl. The van der Waals surface area contributed by atoms with Crippen LogP contribution in [0.25, 0.3) is 0 Å². The van der Waals surface area contributed by atoms with Crippen molar-refractivity contribution in [2.24, 2.45) is 0 Å². The van der Waals surface area contributed by atoms with Crippen LogP contribution in [0.1, 0.15) is 25.1 Å². The van der Waals surface area contributed by atoms with Crippen molar-refractivity contribution in [2.75, 3.05) is 26.0 Å². The summed E-state index contributed by atoms with van der Waals surface area (Å²) in [6, 6.07) is 6.42. The number of aromatic nitrogens is 2. The molecule has 0 saturated heterocycles. The van der Waals surface area contributed by atoms with Crippen LogP contribution >= 0.6 is 24.2 Å². The summed E-state index contributed by atoms with van der Waals surface area (Å²) in [7, 11) is 1.93. The fourth-order valence-corrected chi connectivity index (χ4v) is 3.21. The zero-order valence-corrected chi connectivity index (χ0v) is 16.1. The fraction of sp³-hybridized carbons (Fsp3) is 0.529. The minimum absolute atomic E-state index is 0. The lowest BCUT2D eigenvalue weighted by Crippen LogP contribution is -2.24. The maximum Gasteiger partial charge on any atom is 0.227 e. The molecule has 1 aliphatic heterocycles. The Kier molecular flexibility index (Phi) is 7.87. The molecule has 1 aromatic carbocycles. The molecule has 138 valence electrons. The van der Waals surface area contributed by atoms with Gasteiger partial charge in [-0.25, -0.2) is 0 Å². The highest BCUT2D eigenvalue weighted by Gasteiger charge is 2.12. The largest absolute Gasteiger partial charge is 0.490 e. The number of halogens is 1. The molecule has 8 heteroatoms. The number of nitrogens with one attached hydrogen (secondary N) is 1. The highest BCUT2D eigenvalue weighted by molar-refractivity contribution is 7.99. The number of nitrogens with zero attached hydrogens (tertiary/aromatic N) is 2. The second kappa shape index (κ2) is 9.89. The first-order chi connectivity index (χ1) is 11.7. The van der Waals surface area contributed by atoms with Crippen molar-refractivity contribution in [3.8, 4) is 11.5 Å². The van der Waals surface area contributed by atoms with Gasteiger partial charge in [0.15, 0.2) is 17.3 Å². The van der Waals surface area contributed by atoms with Gasteiger partial charge in [0.2, 0.25) is 5.89 Å². The van der Waals surface area contributed by atoms with E-state index in [-0.39, 0.29) is 12.4 Å². The highest BCUT2D eigenvalue weighted by Crippen LogP contribution is 2.34. The third-order valence-electron chi connectivity index (χ3n) is 3.80. The minimum Gasteiger partial charge on any atom is -0.490 e. The van der Waals surface area contributed by atoms with Gasteiger partial charge in [0.05, 0.1) is 13.2 Å². The standard InChI is InChI=1S/C17H23N3O3S.ClH/c1-12(18-2)10-16-19-17(23-20-16)6-9-24-13-4-5-14-15(11-13)22-8-3-7-21-14;/h4-5,11-12,18H,3,6-10H2,1-2H3;1H. The number of benzene rings is 1. The van der Waals surface area contributed by atoms with E-state index < -0.39 is 0 Å². The zero-order chi connectivity index (χ0) is 16.8. The van der Waals surface area contributed by atoms with Crippen molar-refractivity contribution < 1.29 is 14.0 Å². The Morgan fingerprint density at radius 3 is 2.84 bits per heavy atom. The number of fused-ring (bicyclic) bond motifs is 1. The van der Waals surface area contributed by atoms with Gasteiger partial charge in [-0.15, -0.1) is 24.2 Å². The maximum absolute atomic E-state index is 5.72. The normalized spacial score (nSPS) is 14.5. The van der Waals surface area contributed by atoms with E-state index in [2.05, 4.69) is 28.4 Å². The lowest BCUT2D eigenvalue weighted by molar-refractivity contribution is 0.297. The Bertz CT molecular complexity index is 668. The number of likely N-dealkylation sites (N-methyl/N-ethyl adjacent to an activating group) is 1. The summed E-state index contributed by atoms with van der Waals surface area (Å²) in [6.07, 6.45) is 2.44. The minimum atomic E-state index is 0. The Morgan fingerprint density at radius 2 is 2.04 bits per heavy atom. The van der Waals surface area contributed by atoms with E-state index in [0.29, 0.717) is 25.1 Å². The van der Waals surface area contributed by atoms with Crippen molar-refractivity contribution in [3.63, 3.8) is 0 Å². The van der Waals surface area contributed by atoms with Crippen LogP contribution in [0.15, 0.2) is 27.6 Å². The molecule has 0 amide bonds. The highest BCUT2D eigenvalue weighted by atomic mass is 35.5. The summed E-state index contributed by atoms with van der Waals surface area (Å²) in [4.78, 5) is 5.59. The molecule has 2 heterocycles. The first-order valence-corrected chi connectivity index (χ1v) is 9.24. The smallest absolute Gasteiger partial charge is 0.227 e. The molecule has 0 aliphatic carbocycles. The summed E-state index contributed by atoms with van der Waals surface area (Å²) in [5, 5.41) is 7.19. The second-order valence-corrected chi connectivity index (χ2v) is 6.92. The molecule has 1 N–H and O–H groups in total. The number of rotatable bonds is 7. The molecule has 0 radical (unpaired) electrons. The summed E-state index contributed by atoms with van der Waals surface area (Å²) in [6.45, 7) is 3.51. The van der Waals surface area contributed by atoms with E-state index in [9.17, 15) is 0 Å². The molecule has 0 fully saturated rings. The van der Waals surface area contributed by atoms with Crippen LogP contribution in [0.2, 0.25) is 0 Å². The fourth-order valence-electron chi connectivity index (χ4n) is 2.34. The van der Waals surface area contributed by atoms with Crippen molar-refractivity contribution >= 4 is 24.2 Å². The Balaban J connectivity index is 0.00000225. The summed E-state index contributed by atoms with van der Waals surface area (Å²) in [5.41, 5.74) is 0. The van der Waals surface area contributed by atoms with Crippen LogP contribution in [-0.2, 0) is 12.8 Å². The quantitative estimate of drug-likeness (QED) is 0.734. The predicted molar refractivity (Wildman–Crippen MR) is 100 cm³/mol. The number of aryl methyl sites for hydroxylation is 1. The van der Waals surface area contributed by atoms with Crippen LogP contribution in [0.4, 0.5) is 0 Å². The molecule has 25 heavy (non-hydrogen) atoms. The van der Waals surface area contributed by atoms with Crippen LogP contribution in [0, 0.1) is 0 Å². The van der Waals surface area contributed by atoms with Gasteiger partial charge >= 0.3 is 0 Å². The molecular weight excluding hydrogens is 362 g/mol. The second-order valence-electron chi connectivity index (χ2n) is 5.76. The van der Waals surface area contributed by atoms with Gasteiger partial charge in [-0.2, -0.15) is 4.98 Å². The van der Waals surface area contributed by atoms with Crippen molar-refractivity contribution in [2.45, 2.75) is 37.1 Å². The van der Waals surface area contributed by atoms with Gasteiger partial charge in [-0.05, 0) is 32.2 Å².